The maximum Gasteiger partial charge on any atom is 0.275 e. The molecule has 23 heavy (non-hydrogen) atoms. The SMILES string of the molecule is O=C(Nc1cnccc1CO)c1csc(-c2ccccc2Cl)n1. The first kappa shape index (κ1) is 15.6. The Balaban J connectivity index is 1.83. The molecule has 2 N–H and O–H groups in total. The molecule has 0 radical (unpaired) electrons. The van der Waals surface area contributed by atoms with Crippen molar-refractivity contribution in [3.63, 3.8) is 0 Å². The zero-order chi connectivity index (χ0) is 16.2. The van der Waals surface area contributed by atoms with Crippen LogP contribution in [0.2, 0.25) is 5.02 Å². The number of nitrogens with one attached hydrogen (secondary N) is 1. The van der Waals surface area contributed by atoms with Gasteiger partial charge in [-0.15, -0.1) is 11.3 Å². The minimum absolute atomic E-state index is 0.180. The van der Waals surface area contributed by atoms with Crippen molar-refractivity contribution in [2.24, 2.45) is 0 Å². The van der Waals surface area contributed by atoms with Gasteiger partial charge in [0.2, 0.25) is 0 Å². The zero-order valence-electron chi connectivity index (χ0n) is 11.9. The van der Waals surface area contributed by atoms with E-state index in [4.69, 9.17) is 11.6 Å². The number of benzene rings is 1. The first-order valence-electron chi connectivity index (χ1n) is 6.74. The largest absolute Gasteiger partial charge is 0.392 e. The van der Waals surface area contributed by atoms with Gasteiger partial charge in [-0.1, -0.05) is 29.8 Å². The summed E-state index contributed by atoms with van der Waals surface area (Å²) in [5, 5.41) is 14.9. The number of rotatable bonds is 4. The fraction of sp³-hybridized carbons (Fsp3) is 0.0625. The van der Waals surface area contributed by atoms with E-state index in [2.05, 4.69) is 15.3 Å². The van der Waals surface area contributed by atoms with Crippen LogP contribution >= 0.6 is 22.9 Å². The van der Waals surface area contributed by atoms with Crippen LogP contribution in [-0.2, 0) is 6.61 Å². The number of nitrogens with zero attached hydrogens (tertiary/aromatic N) is 2. The Hall–Kier alpha value is -2.28. The molecule has 2 heterocycles. The highest BCUT2D eigenvalue weighted by Crippen LogP contribution is 2.30. The van der Waals surface area contributed by atoms with Gasteiger partial charge in [-0.3, -0.25) is 9.78 Å². The molecule has 3 aromatic rings. The van der Waals surface area contributed by atoms with Crippen LogP contribution in [0.25, 0.3) is 10.6 Å². The predicted octanol–water partition coefficient (Wildman–Crippen LogP) is 3.60. The van der Waals surface area contributed by atoms with Crippen LogP contribution < -0.4 is 5.32 Å². The average Bonchev–Trinajstić information content (AvgIpc) is 3.05. The Labute approximate surface area is 141 Å². The predicted molar refractivity (Wildman–Crippen MR) is 90.7 cm³/mol. The van der Waals surface area contributed by atoms with Gasteiger partial charge in [0.1, 0.15) is 10.7 Å². The monoisotopic (exact) mass is 345 g/mol. The summed E-state index contributed by atoms with van der Waals surface area (Å²) in [4.78, 5) is 20.6. The summed E-state index contributed by atoms with van der Waals surface area (Å²) >= 11 is 7.49. The van der Waals surface area contributed by atoms with Gasteiger partial charge >= 0.3 is 0 Å². The van der Waals surface area contributed by atoms with Crippen molar-refractivity contribution in [2.75, 3.05) is 5.32 Å². The highest BCUT2D eigenvalue weighted by atomic mass is 35.5. The van der Waals surface area contributed by atoms with E-state index in [-0.39, 0.29) is 18.2 Å². The lowest BCUT2D eigenvalue weighted by Gasteiger charge is -2.07. The molecule has 0 spiro atoms. The number of aromatic nitrogens is 2. The summed E-state index contributed by atoms with van der Waals surface area (Å²) in [5.41, 5.74) is 2.13. The number of carbonyl (C=O) groups is 1. The minimum atomic E-state index is -0.359. The zero-order valence-corrected chi connectivity index (χ0v) is 13.4. The lowest BCUT2D eigenvalue weighted by Crippen LogP contribution is -2.14. The second-order valence-corrected chi connectivity index (χ2v) is 5.93. The van der Waals surface area contributed by atoms with Crippen molar-refractivity contribution in [2.45, 2.75) is 6.61 Å². The number of aliphatic hydroxyl groups excluding tert-OH is 1. The van der Waals surface area contributed by atoms with E-state index in [1.54, 1.807) is 23.7 Å². The van der Waals surface area contributed by atoms with Crippen LogP contribution in [0.4, 0.5) is 5.69 Å². The topological polar surface area (TPSA) is 75.1 Å². The van der Waals surface area contributed by atoms with Crippen molar-refractivity contribution in [3.05, 3.63) is 64.4 Å². The summed E-state index contributed by atoms with van der Waals surface area (Å²) in [6.07, 6.45) is 3.05. The summed E-state index contributed by atoms with van der Waals surface area (Å²) in [6, 6.07) is 8.98. The van der Waals surface area contributed by atoms with E-state index in [9.17, 15) is 9.90 Å². The van der Waals surface area contributed by atoms with Crippen molar-refractivity contribution < 1.29 is 9.90 Å². The highest BCUT2D eigenvalue weighted by molar-refractivity contribution is 7.13. The number of amides is 1. The second-order valence-electron chi connectivity index (χ2n) is 4.66. The molecule has 1 aromatic carbocycles. The number of thiazole rings is 1. The van der Waals surface area contributed by atoms with Gasteiger partial charge in [0.25, 0.3) is 5.91 Å². The van der Waals surface area contributed by atoms with Gasteiger partial charge in [-0.2, -0.15) is 0 Å². The van der Waals surface area contributed by atoms with Crippen LogP contribution in [-0.4, -0.2) is 21.0 Å². The Morgan fingerprint density at radius 1 is 1.30 bits per heavy atom. The highest BCUT2D eigenvalue weighted by Gasteiger charge is 2.14. The number of pyridine rings is 1. The first-order chi connectivity index (χ1) is 11.2. The molecule has 0 fully saturated rings. The number of anilines is 1. The van der Waals surface area contributed by atoms with Crippen LogP contribution in [0.15, 0.2) is 48.1 Å². The van der Waals surface area contributed by atoms with Gasteiger partial charge in [0.15, 0.2) is 0 Å². The number of hydrogen-bond donors (Lipinski definition) is 2. The van der Waals surface area contributed by atoms with E-state index >= 15 is 0 Å². The molecule has 2 aromatic heterocycles. The molecule has 0 bridgehead atoms. The Bertz CT molecular complexity index is 851. The van der Waals surface area contributed by atoms with E-state index in [0.29, 0.717) is 21.3 Å². The lowest BCUT2D eigenvalue weighted by molar-refractivity contribution is 0.102. The quantitative estimate of drug-likeness (QED) is 0.757. The second kappa shape index (κ2) is 6.87. The van der Waals surface area contributed by atoms with Gasteiger partial charge in [0.05, 0.1) is 23.5 Å². The third-order valence-electron chi connectivity index (χ3n) is 3.17. The van der Waals surface area contributed by atoms with Crippen LogP contribution in [0.1, 0.15) is 16.1 Å². The summed E-state index contributed by atoms with van der Waals surface area (Å²) < 4.78 is 0. The maximum absolute atomic E-state index is 12.3. The molecule has 0 saturated heterocycles. The molecule has 0 unspecified atom stereocenters. The molecule has 0 aliphatic rings. The number of aliphatic hydroxyl groups is 1. The molecule has 3 rings (SSSR count). The molecule has 0 aliphatic heterocycles. The van der Waals surface area contributed by atoms with Gasteiger partial charge < -0.3 is 10.4 Å². The van der Waals surface area contributed by atoms with E-state index in [1.165, 1.54) is 17.5 Å². The number of carbonyl (C=O) groups excluding carboxylic acids is 1. The fourth-order valence-corrected chi connectivity index (χ4v) is 3.12. The number of halogens is 1. The average molecular weight is 346 g/mol. The van der Waals surface area contributed by atoms with E-state index < -0.39 is 0 Å². The summed E-state index contributed by atoms with van der Waals surface area (Å²) in [7, 11) is 0. The molecule has 1 amide bonds. The molecule has 5 nitrogen and oxygen atoms in total. The van der Waals surface area contributed by atoms with E-state index in [0.717, 1.165) is 5.56 Å². The Morgan fingerprint density at radius 2 is 2.13 bits per heavy atom. The van der Waals surface area contributed by atoms with Gasteiger partial charge in [-0.25, -0.2) is 4.98 Å². The first-order valence-corrected chi connectivity index (χ1v) is 8.00. The van der Waals surface area contributed by atoms with Gasteiger partial charge in [0, 0.05) is 22.7 Å². The standard InChI is InChI=1S/C16H12ClN3O2S/c17-12-4-2-1-3-11(12)16-20-14(9-23-16)15(22)19-13-7-18-6-5-10(13)8-21/h1-7,9,21H,8H2,(H,19,22). The van der Waals surface area contributed by atoms with Crippen molar-refractivity contribution in [1.82, 2.24) is 9.97 Å². The van der Waals surface area contributed by atoms with Crippen molar-refractivity contribution in [3.8, 4) is 10.6 Å². The smallest absolute Gasteiger partial charge is 0.275 e. The Morgan fingerprint density at radius 3 is 2.91 bits per heavy atom. The van der Waals surface area contributed by atoms with Crippen LogP contribution in [0, 0.1) is 0 Å². The molecular weight excluding hydrogens is 334 g/mol. The van der Waals surface area contributed by atoms with Crippen molar-refractivity contribution in [1.29, 1.82) is 0 Å². The molecule has 0 aliphatic carbocycles. The van der Waals surface area contributed by atoms with Crippen LogP contribution in [0.5, 0.6) is 0 Å². The Kier molecular flexibility index (Phi) is 4.66. The normalized spacial score (nSPS) is 10.5. The molecule has 0 atom stereocenters. The van der Waals surface area contributed by atoms with Crippen molar-refractivity contribution >= 4 is 34.5 Å². The summed E-state index contributed by atoms with van der Waals surface area (Å²) in [6.45, 7) is -0.180. The molecule has 7 heteroatoms. The minimum Gasteiger partial charge on any atom is -0.392 e. The number of hydrogen-bond acceptors (Lipinski definition) is 5. The maximum atomic E-state index is 12.3. The molecular formula is C16H12ClN3O2S. The third kappa shape index (κ3) is 3.39. The third-order valence-corrected chi connectivity index (χ3v) is 4.38. The molecule has 0 saturated carbocycles. The summed E-state index contributed by atoms with van der Waals surface area (Å²) in [5.74, 6) is -0.359. The van der Waals surface area contributed by atoms with Gasteiger partial charge in [-0.05, 0) is 12.1 Å². The molecule has 116 valence electrons. The van der Waals surface area contributed by atoms with E-state index in [1.807, 2.05) is 18.2 Å². The lowest BCUT2D eigenvalue weighted by atomic mass is 10.2. The van der Waals surface area contributed by atoms with Crippen LogP contribution in [0.3, 0.4) is 0 Å². The fourth-order valence-electron chi connectivity index (χ4n) is 2.00.